The summed E-state index contributed by atoms with van der Waals surface area (Å²) in [5.41, 5.74) is -0.284. The van der Waals surface area contributed by atoms with Crippen LogP contribution in [0, 0.1) is 5.82 Å². The van der Waals surface area contributed by atoms with Crippen LogP contribution >= 0.6 is 0 Å². The molecule has 0 radical (unpaired) electrons. The van der Waals surface area contributed by atoms with E-state index in [2.05, 4.69) is 14.9 Å². The molecule has 0 saturated carbocycles. The zero-order valence-corrected chi connectivity index (χ0v) is 15.2. The third-order valence-corrected chi connectivity index (χ3v) is 5.60. The van der Waals surface area contributed by atoms with Crippen molar-refractivity contribution < 1.29 is 22.3 Å². The lowest BCUT2D eigenvalue weighted by atomic mass is 10.2. The molecule has 7 nitrogen and oxygen atoms in total. The van der Waals surface area contributed by atoms with Crippen molar-refractivity contribution in [1.29, 1.82) is 0 Å². The summed E-state index contributed by atoms with van der Waals surface area (Å²) in [7, 11) is -3.75. The molecule has 0 aromatic heterocycles. The highest BCUT2D eigenvalue weighted by Crippen LogP contribution is 2.15. The SMILES string of the molecule is CCNS(=O)(=O)c1ccc(F)c(C(=O)NCC(C)N2CCOCC2)c1. The first kappa shape index (κ1) is 19.8. The molecular weight excluding hydrogens is 349 g/mol. The summed E-state index contributed by atoms with van der Waals surface area (Å²) >= 11 is 0. The first-order valence-corrected chi connectivity index (χ1v) is 9.72. The molecule has 0 spiro atoms. The first-order valence-electron chi connectivity index (χ1n) is 8.24. The van der Waals surface area contributed by atoms with E-state index in [1.54, 1.807) is 6.92 Å². The van der Waals surface area contributed by atoms with Crippen LogP contribution in [-0.2, 0) is 14.8 Å². The Morgan fingerprint density at radius 3 is 2.68 bits per heavy atom. The van der Waals surface area contributed by atoms with Gasteiger partial charge in [0.25, 0.3) is 5.91 Å². The molecule has 1 fully saturated rings. The van der Waals surface area contributed by atoms with Gasteiger partial charge in [0.1, 0.15) is 5.82 Å². The van der Waals surface area contributed by atoms with Gasteiger partial charge in [0.2, 0.25) is 10.0 Å². The molecule has 2 N–H and O–H groups in total. The second-order valence-corrected chi connectivity index (χ2v) is 7.62. The Morgan fingerprint density at radius 2 is 2.04 bits per heavy atom. The Labute approximate surface area is 147 Å². The summed E-state index contributed by atoms with van der Waals surface area (Å²) in [4.78, 5) is 14.3. The fourth-order valence-corrected chi connectivity index (χ4v) is 3.67. The highest BCUT2D eigenvalue weighted by molar-refractivity contribution is 7.89. The van der Waals surface area contributed by atoms with Crippen molar-refractivity contribution >= 4 is 15.9 Å². The maximum absolute atomic E-state index is 14.0. The molecular formula is C16H24FN3O4S. The van der Waals surface area contributed by atoms with Crippen molar-refractivity contribution in [2.45, 2.75) is 24.8 Å². The maximum Gasteiger partial charge on any atom is 0.254 e. The Kier molecular flexibility index (Phi) is 6.88. The van der Waals surface area contributed by atoms with Crippen molar-refractivity contribution in [3.8, 4) is 0 Å². The van der Waals surface area contributed by atoms with Crippen LogP contribution in [0.1, 0.15) is 24.2 Å². The van der Waals surface area contributed by atoms with Crippen LogP contribution in [-0.4, -0.2) is 64.7 Å². The van der Waals surface area contributed by atoms with Crippen LogP contribution < -0.4 is 10.0 Å². The van der Waals surface area contributed by atoms with Gasteiger partial charge < -0.3 is 10.1 Å². The van der Waals surface area contributed by atoms with Crippen molar-refractivity contribution in [2.75, 3.05) is 39.4 Å². The number of morpholine rings is 1. The quantitative estimate of drug-likeness (QED) is 0.730. The molecule has 1 unspecified atom stereocenters. The minimum absolute atomic E-state index is 0.0737. The Morgan fingerprint density at radius 1 is 1.36 bits per heavy atom. The molecule has 25 heavy (non-hydrogen) atoms. The number of hydrogen-bond donors (Lipinski definition) is 2. The van der Waals surface area contributed by atoms with Crippen LogP contribution in [0.4, 0.5) is 4.39 Å². The molecule has 1 atom stereocenters. The monoisotopic (exact) mass is 373 g/mol. The zero-order chi connectivity index (χ0) is 18.4. The Hall–Kier alpha value is -1.55. The molecule has 1 aliphatic rings. The number of sulfonamides is 1. The largest absolute Gasteiger partial charge is 0.379 e. The number of ether oxygens (including phenoxy) is 1. The summed E-state index contributed by atoms with van der Waals surface area (Å²) in [5.74, 6) is -1.39. The van der Waals surface area contributed by atoms with Gasteiger partial charge in [-0.3, -0.25) is 9.69 Å². The molecule has 1 saturated heterocycles. The van der Waals surface area contributed by atoms with Gasteiger partial charge in [-0.15, -0.1) is 0 Å². The number of benzene rings is 1. The number of hydrogen-bond acceptors (Lipinski definition) is 5. The third kappa shape index (κ3) is 5.21. The Bertz CT molecular complexity index is 705. The summed E-state index contributed by atoms with van der Waals surface area (Å²) in [6.45, 7) is 7.01. The number of rotatable bonds is 7. The molecule has 2 rings (SSSR count). The fraction of sp³-hybridized carbons (Fsp3) is 0.562. The van der Waals surface area contributed by atoms with E-state index in [0.717, 1.165) is 31.3 Å². The average Bonchev–Trinajstić information content (AvgIpc) is 2.60. The van der Waals surface area contributed by atoms with Crippen molar-refractivity contribution in [2.24, 2.45) is 0 Å². The zero-order valence-electron chi connectivity index (χ0n) is 14.4. The summed E-state index contributed by atoms with van der Waals surface area (Å²) in [5, 5.41) is 2.67. The number of amides is 1. The average molecular weight is 373 g/mol. The number of carbonyl (C=O) groups excluding carboxylic acids is 1. The van der Waals surface area contributed by atoms with Gasteiger partial charge in [-0.25, -0.2) is 17.5 Å². The van der Waals surface area contributed by atoms with Gasteiger partial charge in [-0.2, -0.15) is 0 Å². The second kappa shape index (κ2) is 8.70. The van der Waals surface area contributed by atoms with Crippen molar-refractivity contribution in [1.82, 2.24) is 14.9 Å². The topological polar surface area (TPSA) is 87.7 Å². The number of halogens is 1. The molecule has 1 heterocycles. The predicted molar refractivity (Wildman–Crippen MR) is 91.4 cm³/mol. The standard InChI is InChI=1S/C16H24FN3O4S/c1-3-19-25(22,23)13-4-5-15(17)14(10-13)16(21)18-11-12(2)20-6-8-24-9-7-20/h4-5,10,12,19H,3,6-9,11H2,1-2H3,(H,18,21). The minimum atomic E-state index is -3.75. The Balaban J connectivity index is 2.05. The van der Waals surface area contributed by atoms with Gasteiger partial charge in [0.05, 0.1) is 23.7 Å². The lowest BCUT2D eigenvalue weighted by Gasteiger charge is -2.32. The molecule has 140 valence electrons. The van der Waals surface area contributed by atoms with E-state index in [9.17, 15) is 17.6 Å². The van der Waals surface area contributed by atoms with E-state index in [1.165, 1.54) is 0 Å². The van der Waals surface area contributed by atoms with Crippen LogP contribution in [0.2, 0.25) is 0 Å². The lowest BCUT2D eigenvalue weighted by Crippen LogP contribution is -2.47. The van der Waals surface area contributed by atoms with E-state index in [0.29, 0.717) is 19.8 Å². The van der Waals surface area contributed by atoms with Crippen LogP contribution in [0.25, 0.3) is 0 Å². The van der Waals surface area contributed by atoms with E-state index in [4.69, 9.17) is 4.74 Å². The highest BCUT2D eigenvalue weighted by atomic mass is 32.2. The molecule has 0 aliphatic carbocycles. The van der Waals surface area contributed by atoms with Gasteiger partial charge >= 0.3 is 0 Å². The number of carbonyl (C=O) groups is 1. The summed E-state index contributed by atoms with van der Waals surface area (Å²) in [6.07, 6.45) is 0. The van der Waals surface area contributed by atoms with Crippen LogP contribution in [0.5, 0.6) is 0 Å². The molecule has 1 aromatic rings. The molecule has 1 aliphatic heterocycles. The highest BCUT2D eigenvalue weighted by Gasteiger charge is 2.21. The van der Waals surface area contributed by atoms with Gasteiger partial charge in [0, 0.05) is 32.2 Å². The second-order valence-electron chi connectivity index (χ2n) is 5.85. The number of nitrogens with zero attached hydrogens (tertiary/aromatic N) is 1. The predicted octanol–water partition coefficient (Wildman–Crippen LogP) is 0.574. The van der Waals surface area contributed by atoms with Crippen LogP contribution in [0.3, 0.4) is 0 Å². The first-order chi connectivity index (χ1) is 11.8. The molecule has 9 heteroatoms. The molecule has 1 amide bonds. The van der Waals surface area contributed by atoms with Gasteiger partial charge in [-0.05, 0) is 25.1 Å². The third-order valence-electron chi connectivity index (χ3n) is 4.05. The lowest BCUT2D eigenvalue weighted by molar-refractivity contribution is 0.0204. The summed E-state index contributed by atoms with van der Waals surface area (Å²) in [6, 6.07) is 3.26. The van der Waals surface area contributed by atoms with E-state index in [-0.39, 0.29) is 23.0 Å². The minimum Gasteiger partial charge on any atom is -0.379 e. The van der Waals surface area contributed by atoms with Gasteiger partial charge in [-0.1, -0.05) is 6.92 Å². The van der Waals surface area contributed by atoms with Crippen LogP contribution in [0.15, 0.2) is 23.1 Å². The normalized spacial score (nSPS) is 17.2. The fourth-order valence-electron chi connectivity index (χ4n) is 2.60. The van der Waals surface area contributed by atoms with E-state index < -0.39 is 21.7 Å². The van der Waals surface area contributed by atoms with Gasteiger partial charge in [0.15, 0.2) is 0 Å². The smallest absolute Gasteiger partial charge is 0.254 e. The maximum atomic E-state index is 14.0. The van der Waals surface area contributed by atoms with Crippen molar-refractivity contribution in [3.05, 3.63) is 29.6 Å². The molecule has 1 aromatic carbocycles. The summed E-state index contributed by atoms with van der Waals surface area (Å²) < 4.78 is 45.6. The van der Waals surface area contributed by atoms with Crippen molar-refractivity contribution in [3.63, 3.8) is 0 Å². The van der Waals surface area contributed by atoms with E-state index in [1.807, 2.05) is 6.92 Å². The van der Waals surface area contributed by atoms with E-state index >= 15 is 0 Å². The number of nitrogens with one attached hydrogen (secondary N) is 2. The molecule has 0 bridgehead atoms.